The van der Waals surface area contributed by atoms with Gasteiger partial charge in [-0.15, -0.1) is 0 Å². The minimum atomic E-state index is -0.988. The number of likely N-dealkylation sites (tertiary alicyclic amines) is 1. The lowest BCUT2D eigenvalue weighted by atomic mass is 9.88. The highest BCUT2D eigenvalue weighted by Crippen LogP contribution is 2.48. The van der Waals surface area contributed by atoms with Gasteiger partial charge in [0.1, 0.15) is 12.1 Å². The molecule has 2 aromatic rings. The molecule has 1 fully saturated rings. The molecule has 0 bridgehead atoms. The Morgan fingerprint density at radius 1 is 0.893 bits per heavy atom. The third-order valence-corrected chi connectivity index (χ3v) is 6.38. The van der Waals surface area contributed by atoms with Crippen LogP contribution in [0.25, 0.3) is 11.1 Å². The molecule has 2 aliphatic rings. The molecule has 0 amide bonds. The van der Waals surface area contributed by atoms with Crippen molar-refractivity contribution < 1.29 is 26.6 Å². The molecule has 3 heteroatoms. The maximum Gasteiger partial charge on any atom is 0.140 e. The number of aliphatic hydroxyl groups is 1. The summed E-state index contributed by atoms with van der Waals surface area (Å²) in [7, 11) is 0. The van der Waals surface area contributed by atoms with Crippen LogP contribution in [0.15, 0.2) is 48.5 Å². The molecule has 1 aliphatic carbocycles. The zero-order chi connectivity index (χ0) is 18.7. The van der Waals surface area contributed by atoms with E-state index in [4.69, 9.17) is 0 Å². The van der Waals surface area contributed by atoms with Crippen molar-refractivity contribution in [2.24, 2.45) is 0 Å². The van der Waals surface area contributed by atoms with E-state index in [1.165, 1.54) is 45.3 Å². The van der Waals surface area contributed by atoms with Gasteiger partial charge < -0.3 is 26.6 Å². The van der Waals surface area contributed by atoms with Crippen molar-refractivity contribution in [1.82, 2.24) is 0 Å². The van der Waals surface area contributed by atoms with E-state index in [-0.39, 0.29) is 17.0 Å². The number of hydrogen-bond donors (Lipinski definition) is 1. The van der Waals surface area contributed by atoms with E-state index in [0.717, 1.165) is 33.3 Å². The Kier molecular flexibility index (Phi) is 6.65. The van der Waals surface area contributed by atoms with Crippen molar-refractivity contribution in [2.45, 2.75) is 44.6 Å². The lowest BCUT2D eigenvalue weighted by Gasteiger charge is -2.40. The second-order valence-electron chi connectivity index (χ2n) is 8.21. The van der Waals surface area contributed by atoms with E-state index in [1.54, 1.807) is 0 Å². The average molecular weight is 440 g/mol. The van der Waals surface area contributed by atoms with E-state index in [0.29, 0.717) is 6.42 Å². The van der Waals surface area contributed by atoms with Gasteiger partial charge in [-0.3, -0.25) is 0 Å². The predicted octanol–water partition coefficient (Wildman–Crippen LogP) is 1.71. The van der Waals surface area contributed by atoms with Crippen molar-refractivity contribution in [2.75, 3.05) is 26.2 Å². The van der Waals surface area contributed by atoms with Crippen molar-refractivity contribution in [3.05, 3.63) is 59.7 Å². The molecular weight excluding hydrogens is 410 g/mol. The predicted molar refractivity (Wildman–Crippen MR) is 111 cm³/mol. The molecule has 1 N–H and O–H groups in total. The van der Waals surface area contributed by atoms with Gasteiger partial charge in [0, 0.05) is 6.42 Å². The molecule has 0 saturated carbocycles. The first-order chi connectivity index (χ1) is 13.2. The largest absolute Gasteiger partial charge is 1.00 e. The summed E-state index contributed by atoms with van der Waals surface area (Å²) in [6, 6.07) is 16.4. The fourth-order valence-corrected chi connectivity index (χ4v) is 5.02. The van der Waals surface area contributed by atoms with E-state index in [9.17, 15) is 5.11 Å². The molecule has 0 unspecified atom stereocenters. The van der Waals surface area contributed by atoms with Gasteiger partial charge in [-0.05, 0) is 53.9 Å². The number of piperidine rings is 1. The van der Waals surface area contributed by atoms with Gasteiger partial charge in [-0.25, -0.2) is 0 Å². The van der Waals surface area contributed by atoms with Crippen LogP contribution in [0.4, 0.5) is 0 Å². The number of benzene rings is 2. The van der Waals surface area contributed by atoms with Crippen LogP contribution in [0.3, 0.4) is 0 Å². The Labute approximate surface area is 179 Å². The first-order valence-corrected chi connectivity index (χ1v) is 10.4. The molecule has 1 saturated heterocycles. The van der Waals surface area contributed by atoms with Crippen LogP contribution in [-0.4, -0.2) is 35.8 Å². The SMILES string of the molecule is CCC[N+]1(CC#CCC2(O)c3ccccc3-c3ccccc32)CCCCC1.[Br-]. The summed E-state index contributed by atoms with van der Waals surface area (Å²) >= 11 is 0. The third kappa shape index (κ3) is 3.79. The van der Waals surface area contributed by atoms with Crippen molar-refractivity contribution in [3.8, 4) is 23.0 Å². The van der Waals surface area contributed by atoms with Gasteiger partial charge in [0.15, 0.2) is 0 Å². The lowest BCUT2D eigenvalue weighted by molar-refractivity contribution is -0.926. The second-order valence-corrected chi connectivity index (χ2v) is 8.21. The van der Waals surface area contributed by atoms with Gasteiger partial charge in [0.25, 0.3) is 0 Å². The minimum Gasteiger partial charge on any atom is -1.00 e. The second kappa shape index (κ2) is 8.82. The van der Waals surface area contributed by atoms with Gasteiger partial charge in [-0.1, -0.05) is 61.4 Å². The molecule has 4 rings (SSSR count). The minimum absolute atomic E-state index is 0. The highest BCUT2D eigenvalue weighted by molar-refractivity contribution is 5.80. The Morgan fingerprint density at radius 2 is 1.46 bits per heavy atom. The Hall–Kier alpha value is -1.60. The normalized spacial score (nSPS) is 18.2. The lowest BCUT2D eigenvalue weighted by Crippen LogP contribution is -3.00. The number of hydrogen-bond acceptors (Lipinski definition) is 1. The Morgan fingerprint density at radius 3 is 2.04 bits per heavy atom. The Balaban J connectivity index is 0.00000225. The topological polar surface area (TPSA) is 20.2 Å². The smallest absolute Gasteiger partial charge is 0.140 e. The molecule has 0 spiro atoms. The fourth-order valence-electron chi connectivity index (χ4n) is 5.02. The van der Waals surface area contributed by atoms with Crippen molar-refractivity contribution in [3.63, 3.8) is 0 Å². The highest BCUT2D eigenvalue weighted by atomic mass is 79.9. The van der Waals surface area contributed by atoms with Crippen LogP contribution in [-0.2, 0) is 5.60 Å². The zero-order valence-corrected chi connectivity index (χ0v) is 18.3. The molecule has 2 nitrogen and oxygen atoms in total. The standard InChI is InChI=1S/C25H30NO.BrH/c1-2-17-26(18-9-3-10-19-26)20-11-8-16-25(27)23-14-6-4-12-21(23)22-13-5-7-15-24(22)25;/h4-7,12-15,27H,2-3,9-10,16-20H2,1H3;1H/q+1;/p-1. The number of fused-ring (bicyclic) bond motifs is 3. The summed E-state index contributed by atoms with van der Waals surface area (Å²) in [6.07, 6.45) is 5.70. The first kappa shape index (κ1) is 21.1. The number of quaternary nitrogens is 1. The van der Waals surface area contributed by atoms with Gasteiger partial charge in [0.05, 0.1) is 19.6 Å². The molecule has 0 radical (unpaired) electrons. The molecule has 148 valence electrons. The van der Waals surface area contributed by atoms with Gasteiger partial charge in [0.2, 0.25) is 0 Å². The summed E-state index contributed by atoms with van der Waals surface area (Å²) in [4.78, 5) is 0. The van der Waals surface area contributed by atoms with Crippen LogP contribution < -0.4 is 17.0 Å². The van der Waals surface area contributed by atoms with E-state index >= 15 is 0 Å². The molecule has 1 heterocycles. The van der Waals surface area contributed by atoms with E-state index < -0.39 is 5.60 Å². The van der Waals surface area contributed by atoms with Crippen LogP contribution in [0.1, 0.15) is 50.2 Å². The first-order valence-electron chi connectivity index (χ1n) is 10.4. The quantitative estimate of drug-likeness (QED) is 0.567. The molecule has 0 aromatic heterocycles. The maximum absolute atomic E-state index is 11.6. The molecule has 2 aromatic carbocycles. The molecule has 0 atom stereocenters. The summed E-state index contributed by atoms with van der Waals surface area (Å²) in [6.45, 7) is 6.95. The van der Waals surface area contributed by atoms with Gasteiger partial charge in [-0.2, -0.15) is 0 Å². The van der Waals surface area contributed by atoms with Crippen LogP contribution >= 0.6 is 0 Å². The van der Waals surface area contributed by atoms with Gasteiger partial charge >= 0.3 is 0 Å². The summed E-state index contributed by atoms with van der Waals surface area (Å²) < 4.78 is 1.15. The monoisotopic (exact) mass is 439 g/mol. The maximum atomic E-state index is 11.6. The summed E-state index contributed by atoms with van der Waals surface area (Å²) in [5, 5.41) is 11.6. The van der Waals surface area contributed by atoms with Crippen molar-refractivity contribution >= 4 is 0 Å². The van der Waals surface area contributed by atoms with Crippen LogP contribution in [0, 0.1) is 11.8 Å². The fraction of sp³-hybridized carbons (Fsp3) is 0.440. The van der Waals surface area contributed by atoms with Crippen LogP contribution in [0.2, 0.25) is 0 Å². The number of rotatable bonds is 4. The molecule has 28 heavy (non-hydrogen) atoms. The van der Waals surface area contributed by atoms with Crippen LogP contribution in [0.5, 0.6) is 0 Å². The van der Waals surface area contributed by atoms with E-state index in [2.05, 4.69) is 30.9 Å². The van der Waals surface area contributed by atoms with Crippen molar-refractivity contribution in [1.29, 1.82) is 0 Å². The summed E-state index contributed by atoms with van der Waals surface area (Å²) in [5.74, 6) is 6.82. The number of halogens is 1. The van der Waals surface area contributed by atoms with E-state index in [1.807, 2.05) is 36.4 Å². The number of nitrogens with zero attached hydrogens (tertiary/aromatic N) is 1. The molecule has 1 aliphatic heterocycles. The average Bonchev–Trinajstić information content (AvgIpc) is 2.96. The Bertz CT molecular complexity index is 822. The third-order valence-electron chi connectivity index (χ3n) is 6.38. The highest BCUT2D eigenvalue weighted by Gasteiger charge is 2.40. The summed E-state index contributed by atoms with van der Waals surface area (Å²) in [5.41, 5.74) is 3.29. The molecular formula is C25H30BrNO. The zero-order valence-electron chi connectivity index (χ0n) is 16.8.